The van der Waals surface area contributed by atoms with Crippen LogP contribution in [0.25, 0.3) is 0 Å². The maximum atomic E-state index is 6.45. The molecule has 1 aromatic rings. The van der Waals surface area contributed by atoms with Gasteiger partial charge < -0.3 is 5.73 Å². The Hall–Kier alpha value is -0.0500. The molecule has 3 heteroatoms. The van der Waals surface area contributed by atoms with Crippen LogP contribution < -0.4 is 5.73 Å². The molecule has 0 radical (unpaired) electrons. The smallest absolute Gasteiger partial charge is 0.0595 e. The molecule has 1 fully saturated rings. The van der Waals surface area contributed by atoms with Crippen LogP contribution in [0.3, 0.4) is 0 Å². The molecule has 100 valence electrons. The second kappa shape index (κ2) is 6.40. The van der Waals surface area contributed by atoms with Crippen LogP contribution in [0.4, 0.5) is 0 Å². The normalized spacial score (nSPS) is 26.0. The van der Waals surface area contributed by atoms with Crippen molar-refractivity contribution in [3.8, 4) is 0 Å². The van der Waals surface area contributed by atoms with E-state index in [2.05, 4.69) is 28.9 Å². The summed E-state index contributed by atoms with van der Waals surface area (Å²) >= 11 is 9.83. The SMILES string of the molecule is CCC1CCCC(C(N)c2cccc(Br)c2Cl)C1. The van der Waals surface area contributed by atoms with Crippen molar-refractivity contribution in [3.63, 3.8) is 0 Å². The van der Waals surface area contributed by atoms with Crippen molar-refractivity contribution in [1.29, 1.82) is 0 Å². The minimum absolute atomic E-state index is 0.0735. The second-order valence-corrected chi connectivity index (χ2v) is 6.60. The number of rotatable bonds is 3. The molecule has 3 atom stereocenters. The van der Waals surface area contributed by atoms with Crippen molar-refractivity contribution >= 4 is 27.5 Å². The Morgan fingerprint density at radius 2 is 2.22 bits per heavy atom. The summed E-state index contributed by atoms with van der Waals surface area (Å²) in [4.78, 5) is 0. The van der Waals surface area contributed by atoms with Crippen molar-refractivity contribution in [2.75, 3.05) is 0 Å². The second-order valence-electron chi connectivity index (χ2n) is 5.37. The molecule has 1 aliphatic rings. The van der Waals surface area contributed by atoms with Crippen LogP contribution >= 0.6 is 27.5 Å². The van der Waals surface area contributed by atoms with Gasteiger partial charge in [-0.2, -0.15) is 0 Å². The Bertz CT molecular complexity index is 407. The minimum atomic E-state index is 0.0735. The first-order valence-electron chi connectivity index (χ1n) is 6.83. The van der Waals surface area contributed by atoms with E-state index >= 15 is 0 Å². The quantitative estimate of drug-likeness (QED) is 0.797. The van der Waals surface area contributed by atoms with Gasteiger partial charge in [-0.05, 0) is 52.2 Å². The van der Waals surface area contributed by atoms with E-state index in [1.165, 1.54) is 32.1 Å². The first-order valence-corrected chi connectivity index (χ1v) is 8.00. The topological polar surface area (TPSA) is 26.0 Å². The van der Waals surface area contributed by atoms with Gasteiger partial charge >= 0.3 is 0 Å². The minimum Gasteiger partial charge on any atom is -0.324 e. The van der Waals surface area contributed by atoms with E-state index in [9.17, 15) is 0 Å². The summed E-state index contributed by atoms with van der Waals surface area (Å²) in [5.74, 6) is 1.43. The van der Waals surface area contributed by atoms with Crippen LogP contribution in [0.5, 0.6) is 0 Å². The van der Waals surface area contributed by atoms with Crippen LogP contribution in [0.15, 0.2) is 22.7 Å². The fourth-order valence-corrected chi connectivity index (χ4v) is 3.69. The third-order valence-electron chi connectivity index (χ3n) is 4.25. The average Bonchev–Trinajstić information content (AvgIpc) is 2.41. The standard InChI is InChI=1S/C15H21BrClN/c1-2-10-5-3-6-11(9-10)15(18)12-7-4-8-13(16)14(12)17/h4,7-8,10-11,15H,2-3,5-6,9,18H2,1H3. The molecule has 3 unspecified atom stereocenters. The highest BCUT2D eigenvalue weighted by molar-refractivity contribution is 9.10. The summed E-state index contributed by atoms with van der Waals surface area (Å²) in [6.07, 6.45) is 6.44. The number of halogens is 2. The first-order chi connectivity index (χ1) is 8.63. The Labute approximate surface area is 123 Å². The van der Waals surface area contributed by atoms with Gasteiger partial charge in [0.15, 0.2) is 0 Å². The molecule has 0 bridgehead atoms. The average molecular weight is 331 g/mol. The largest absolute Gasteiger partial charge is 0.324 e. The molecule has 2 N–H and O–H groups in total. The van der Waals surface area contributed by atoms with Crippen molar-refractivity contribution < 1.29 is 0 Å². The van der Waals surface area contributed by atoms with Crippen LogP contribution in [0, 0.1) is 11.8 Å². The third-order valence-corrected chi connectivity index (χ3v) is 5.56. The fourth-order valence-electron chi connectivity index (χ4n) is 3.06. The maximum absolute atomic E-state index is 6.45. The highest BCUT2D eigenvalue weighted by atomic mass is 79.9. The van der Waals surface area contributed by atoms with Gasteiger partial charge in [0, 0.05) is 10.5 Å². The lowest BCUT2D eigenvalue weighted by atomic mass is 9.75. The van der Waals surface area contributed by atoms with Gasteiger partial charge in [-0.3, -0.25) is 0 Å². The fraction of sp³-hybridized carbons (Fsp3) is 0.600. The van der Waals surface area contributed by atoms with Crippen LogP contribution in [0.2, 0.25) is 5.02 Å². The number of hydrogen-bond donors (Lipinski definition) is 1. The molecular weight excluding hydrogens is 310 g/mol. The van der Waals surface area contributed by atoms with Crippen LogP contribution in [-0.2, 0) is 0 Å². The zero-order chi connectivity index (χ0) is 13.1. The van der Waals surface area contributed by atoms with Gasteiger partial charge in [0.2, 0.25) is 0 Å². The molecule has 1 aliphatic carbocycles. The van der Waals surface area contributed by atoms with Crippen LogP contribution in [-0.4, -0.2) is 0 Å². The van der Waals surface area contributed by atoms with E-state index in [1.54, 1.807) is 0 Å². The molecule has 1 nitrogen and oxygen atoms in total. The molecule has 0 aliphatic heterocycles. The monoisotopic (exact) mass is 329 g/mol. The number of hydrogen-bond acceptors (Lipinski definition) is 1. The van der Waals surface area contributed by atoms with Gasteiger partial charge in [-0.1, -0.05) is 49.9 Å². The lowest BCUT2D eigenvalue weighted by Crippen LogP contribution is -2.27. The van der Waals surface area contributed by atoms with Crippen molar-refractivity contribution in [2.45, 2.75) is 45.1 Å². The Kier molecular flexibility index (Phi) is 5.11. The lowest BCUT2D eigenvalue weighted by molar-refractivity contribution is 0.230. The zero-order valence-corrected chi connectivity index (χ0v) is 13.2. The molecular formula is C15H21BrClN. The van der Waals surface area contributed by atoms with Gasteiger partial charge in [0.05, 0.1) is 5.02 Å². The van der Waals surface area contributed by atoms with E-state index < -0.39 is 0 Å². The van der Waals surface area contributed by atoms with Crippen LogP contribution in [0.1, 0.15) is 50.6 Å². The molecule has 0 aromatic heterocycles. The van der Waals surface area contributed by atoms with Gasteiger partial charge in [0.1, 0.15) is 0 Å². The van der Waals surface area contributed by atoms with E-state index in [0.717, 1.165) is 21.0 Å². The van der Waals surface area contributed by atoms with E-state index in [0.29, 0.717) is 5.92 Å². The van der Waals surface area contributed by atoms with Gasteiger partial charge in [-0.25, -0.2) is 0 Å². The molecule has 0 saturated heterocycles. The zero-order valence-electron chi connectivity index (χ0n) is 10.8. The highest BCUT2D eigenvalue weighted by Gasteiger charge is 2.27. The molecule has 0 spiro atoms. The number of benzene rings is 1. The first kappa shape index (κ1) is 14.4. The predicted octanol–water partition coefficient (Wildman–Crippen LogP) is 5.32. The Morgan fingerprint density at radius 3 is 2.94 bits per heavy atom. The summed E-state index contributed by atoms with van der Waals surface area (Å²) < 4.78 is 0.944. The van der Waals surface area contributed by atoms with Crippen molar-refractivity contribution in [1.82, 2.24) is 0 Å². The summed E-state index contributed by atoms with van der Waals surface area (Å²) in [6.45, 7) is 2.28. The van der Waals surface area contributed by atoms with E-state index in [1.807, 2.05) is 12.1 Å². The molecule has 0 heterocycles. The van der Waals surface area contributed by atoms with E-state index in [4.69, 9.17) is 17.3 Å². The molecule has 0 amide bonds. The summed E-state index contributed by atoms with van der Waals surface area (Å²) in [5, 5.41) is 0.781. The molecule has 18 heavy (non-hydrogen) atoms. The Balaban J connectivity index is 2.15. The molecule has 1 aromatic carbocycles. The van der Waals surface area contributed by atoms with Gasteiger partial charge in [0.25, 0.3) is 0 Å². The molecule has 2 rings (SSSR count). The van der Waals surface area contributed by atoms with Gasteiger partial charge in [-0.15, -0.1) is 0 Å². The van der Waals surface area contributed by atoms with E-state index in [-0.39, 0.29) is 6.04 Å². The Morgan fingerprint density at radius 1 is 1.44 bits per heavy atom. The highest BCUT2D eigenvalue weighted by Crippen LogP contribution is 2.40. The predicted molar refractivity (Wildman–Crippen MR) is 81.8 cm³/mol. The lowest BCUT2D eigenvalue weighted by Gasteiger charge is -2.33. The number of nitrogens with two attached hydrogens (primary N) is 1. The maximum Gasteiger partial charge on any atom is 0.0595 e. The molecule has 1 saturated carbocycles. The summed E-state index contributed by atoms with van der Waals surface area (Å²) in [5.41, 5.74) is 7.54. The van der Waals surface area contributed by atoms with Crippen molar-refractivity contribution in [3.05, 3.63) is 33.3 Å². The summed E-state index contributed by atoms with van der Waals surface area (Å²) in [6, 6.07) is 6.12. The van der Waals surface area contributed by atoms with Crippen molar-refractivity contribution in [2.24, 2.45) is 17.6 Å². The summed E-state index contributed by atoms with van der Waals surface area (Å²) in [7, 11) is 0. The third kappa shape index (κ3) is 3.09.